The highest BCUT2D eigenvalue weighted by atomic mass is 32.1. The molecule has 4 N–H and O–H groups in total. The molecule has 172 valence electrons. The number of thiol groups is 1. The van der Waals surface area contributed by atoms with Gasteiger partial charge in [0.2, 0.25) is 5.88 Å². The van der Waals surface area contributed by atoms with E-state index in [1.165, 1.54) is 18.2 Å². The van der Waals surface area contributed by atoms with Crippen LogP contribution in [-0.2, 0) is 0 Å². The molecule has 1 aromatic heterocycles. The Labute approximate surface area is 195 Å². The van der Waals surface area contributed by atoms with Crippen molar-refractivity contribution in [3.05, 3.63) is 42.1 Å². The summed E-state index contributed by atoms with van der Waals surface area (Å²) in [6, 6.07) is 8.84. The molecule has 1 unspecified atom stereocenters. The van der Waals surface area contributed by atoms with Gasteiger partial charge in [0, 0.05) is 24.7 Å². The molecule has 0 saturated heterocycles. The summed E-state index contributed by atoms with van der Waals surface area (Å²) in [5, 5.41) is 13.1. The number of carbonyl (C=O) groups is 1. The number of methoxy groups -OCH3 is 1. The van der Waals surface area contributed by atoms with Crippen LogP contribution in [0.25, 0.3) is 0 Å². The Kier molecular flexibility index (Phi) is 9.54. The number of terminal acetylenes is 1. The number of nitrogens with two attached hydrogens (primary N) is 1. The molecule has 0 bridgehead atoms. The lowest BCUT2D eigenvalue weighted by molar-refractivity contribution is 0.200. The summed E-state index contributed by atoms with van der Waals surface area (Å²) in [6.07, 6.45) is 9.45. The van der Waals surface area contributed by atoms with Crippen molar-refractivity contribution in [3.63, 3.8) is 0 Å². The van der Waals surface area contributed by atoms with Crippen molar-refractivity contribution in [2.24, 2.45) is 5.41 Å². The topological polar surface area (TPSA) is 101 Å². The van der Waals surface area contributed by atoms with Crippen LogP contribution in [0.2, 0.25) is 0 Å². The van der Waals surface area contributed by atoms with E-state index in [0.717, 1.165) is 36.3 Å². The number of pyridine rings is 1. The van der Waals surface area contributed by atoms with Crippen molar-refractivity contribution in [2.45, 2.75) is 32.6 Å². The lowest BCUT2D eigenvalue weighted by Gasteiger charge is -2.31. The number of hydrogen-bond donors (Lipinski definition) is 4. The van der Waals surface area contributed by atoms with Gasteiger partial charge in [0.15, 0.2) is 0 Å². The van der Waals surface area contributed by atoms with Crippen molar-refractivity contribution >= 4 is 35.8 Å². The van der Waals surface area contributed by atoms with Crippen molar-refractivity contribution in [1.82, 2.24) is 4.98 Å². The van der Waals surface area contributed by atoms with Gasteiger partial charge in [-0.3, -0.25) is 4.90 Å². The average molecular weight is 457 g/mol. The molecule has 0 radical (unpaired) electrons. The maximum Gasteiger partial charge on any atom is 0.411 e. The lowest BCUT2D eigenvalue weighted by atomic mass is 9.81. The summed E-state index contributed by atoms with van der Waals surface area (Å²) in [7, 11) is 1.52. The third-order valence-corrected chi connectivity index (χ3v) is 5.81. The van der Waals surface area contributed by atoms with Gasteiger partial charge in [0.05, 0.1) is 30.4 Å². The fraction of sp³-hybridized carbons (Fsp3) is 0.417. The molecule has 0 aliphatic carbocycles. The van der Waals surface area contributed by atoms with Crippen LogP contribution in [0.1, 0.15) is 38.2 Å². The van der Waals surface area contributed by atoms with E-state index in [9.17, 15) is 9.90 Å². The van der Waals surface area contributed by atoms with Gasteiger partial charge in [-0.2, -0.15) is 12.6 Å². The SMILES string of the molecule is C#Cc1ccc(N)c(NCC(C)(CCCS)CCCN(C(=O)O)c2ccc(OC)nc2)c1. The molecule has 1 aromatic carbocycles. The number of anilines is 3. The molecule has 7 nitrogen and oxygen atoms in total. The highest BCUT2D eigenvalue weighted by molar-refractivity contribution is 7.80. The third-order valence-electron chi connectivity index (χ3n) is 5.50. The Morgan fingerprint density at radius 2 is 2.09 bits per heavy atom. The number of hydrogen-bond acceptors (Lipinski definition) is 6. The maximum absolute atomic E-state index is 11.8. The van der Waals surface area contributed by atoms with Crippen LogP contribution in [-0.4, -0.2) is 42.1 Å². The third kappa shape index (κ3) is 7.27. The van der Waals surface area contributed by atoms with Crippen LogP contribution in [0.4, 0.5) is 21.9 Å². The van der Waals surface area contributed by atoms with E-state index >= 15 is 0 Å². The molecule has 8 heteroatoms. The van der Waals surface area contributed by atoms with Crippen molar-refractivity contribution in [2.75, 3.05) is 41.9 Å². The Hall–Kier alpha value is -3.05. The smallest absolute Gasteiger partial charge is 0.411 e. The summed E-state index contributed by atoms with van der Waals surface area (Å²) >= 11 is 4.36. The molecule has 1 amide bonds. The first-order chi connectivity index (χ1) is 15.3. The van der Waals surface area contributed by atoms with Crippen LogP contribution >= 0.6 is 12.6 Å². The highest BCUT2D eigenvalue weighted by Gasteiger charge is 2.25. The van der Waals surface area contributed by atoms with Gasteiger partial charge in [-0.15, -0.1) is 6.42 Å². The second kappa shape index (κ2) is 12.1. The summed E-state index contributed by atoms with van der Waals surface area (Å²) in [5.74, 6) is 3.86. The van der Waals surface area contributed by atoms with Gasteiger partial charge >= 0.3 is 6.09 Å². The first kappa shape index (κ1) is 25.2. The van der Waals surface area contributed by atoms with Gasteiger partial charge in [0.1, 0.15) is 0 Å². The number of nitrogens with one attached hydrogen (secondary N) is 1. The zero-order chi connectivity index (χ0) is 23.6. The molecular weight excluding hydrogens is 424 g/mol. The zero-order valence-corrected chi connectivity index (χ0v) is 19.6. The second-order valence-corrected chi connectivity index (χ2v) is 8.48. The molecule has 1 heterocycles. The molecule has 0 aliphatic heterocycles. The summed E-state index contributed by atoms with van der Waals surface area (Å²) < 4.78 is 5.05. The lowest BCUT2D eigenvalue weighted by Crippen LogP contribution is -2.33. The number of rotatable bonds is 12. The Morgan fingerprint density at radius 1 is 1.34 bits per heavy atom. The predicted octanol–water partition coefficient (Wildman–Crippen LogP) is 4.75. The predicted molar refractivity (Wildman–Crippen MR) is 134 cm³/mol. The zero-order valence-electron chi connectivity index (χ0n) is 18.7. The summed E-state index contributed by atoms with van der Waals surface area (Å²) in [5.41, 5.74) is 8.78. The molecule has 2 rings (SSSR count). The fourth-order valence-electron chi connectivity index (χ4n) is 3.57. The van der Waals surface area contributed by atoms with Crippen molar-refractivity contribution < 1.29 is 14.6 Å². The summed E-state index contributed by atoms with van der Waals surface area (Å²) in [4.78, 5) is 17.2. The largest absolute Gasteiger partial charge is 0.481 e. The fourth-order valence-corrected chi connectivity index (χ4v) is 3.73. The number of ether oxygens (including phenoxy) is 1. The molecule has 0 fully saturated rings. The average Bonchev–Trinajstić information content (AvgIpc) is 2.80. The van der Waals surface area contributed by atoms with Crippen LogP contribution in [0.5, 0.6) is 5.88 Å². The minimum atomic E-state index is -1.01. The Balaban J connectivity index is 2.04. The maximum atomic E-state index is 11.8. The van der Waals surface area contributed by atoms with Gasteiger partial charge in [-0.1, -0.05) is 12.8 Å². The van der Waals surface area contributed by atoms with Gasteiger partial charge in [0.25, 0.3) is 0 Å². The number of amides is 1. The number of nitrogens with zero attached hydrogens (tertiary/aromatic N) is 2. The Bertz CT molecular complexity index is 930. The van der Waals surface area contributed by atoms with Crippen LogP contribution in [0, 0.1) is 17.8 Å². The van der Waals surface area contributed by atoms with E-state index < -0.39 is 6.09 Å². The van der Waals surface area contributed by atoms with E-state index in [2.05, 4.69) is 35.8 Å². The minimum Gasteiger partial charge on any atom is -0.481 e. The highest BCUT2D eigenvalue weighted by Crippen LogP contribution is 2.32. The molecule has 0 aliphatic rings. The van der Waals surface area contributed by atoms with Gasteiger partial charge in [-0.05, 0) is 61.1 Å². The normalized spacial score (nSPS) is 12.4. The van der Waals surface area contributed by atoms with Crippen LogP contribution in [0.3, 0.4) is 0 Å². The molecule has 0 saturated carbocycles. The van der Waals surface area contributed by atoms with E-state index in [0.29, 0.717) is 36.8 Å². The molecule has 32 heavy (non-hydrogen) atoms. The first-order valence-electron chi connectivity index (χ1n) is 10.5. The Morgan fingerprint density at radius 3 is 2.69 bits per heavy atom. The number of nitrogen functional groups attached to an aromatic ring is 1. The van der Waals surface area contributed by atoms with Gasteiger partial charge in [-0.25, -0.2) is 9.78 Å². The van der Waals surface area contributed by atoms with E-state index in [1.54, 1.807) is 18.2 Å². The van der Waals surface area contributed by atoms with Crippen LogP contribution in [0.15, 0.2) is 36.5 Å². The first-order valence-corrected chi connectivity index (χ1v) is 11.2. The van der Waals surface area contributed by atoms with E-state index in [4.69, 9.17) is 16.9 Å². The van der Waals surface area contributed by atoms with E-state index in [-0.39, 0.29) is 5.41 Å². The minimum absolute atomic E-state index is 0.0658. The molecule has 1 atom stereocenters. The molecular formula is C24H32N4O3S. The second-order valence-electron chi connectivity index (χ2n) is 8.03. The summed E-state index contributed by atoms with van der Waals surface area (Å²) in [6.45, 7) is 3.26. The number of carboxylic acid groups (broad SMARTS) is 1. The van der Waals surface area contributed by atoms with Crippen molar-refractivity contribution in [3.8, 4) is 18.2 Å². The monoisotopic (exact) mass is 456 g/mol. The van der Waals surface area contributed by atoms with Crippen molar-refractivity contribution in [1.29, 1.82) is 0 Å². The standard InChI is InChI=1S/C24H32N4O3S/c1-4-18-7-9-20(25)21(15-18)27-17-24(2,12-6-14-32)11-5-13-28(23(29)30)19-8-10-22(31-3)26-16-19/h1,7-10,15-16,27,32H,5-6,11-14,17,25H2,2-3H3,(H,29,30). The molecule has 2 aromatic rings. The quantitative estimate of drug-likeness (QED) is 0.209. The van der Waals surface area contributed by atoms with E-state index in [1.807, 2.05) is 12.1 Å². The number of aromatic nitrogens is 1. The van der Waals surface area contributed by atoms with Gasteiger partial charge < -0.3 is 20.9 Å². The van der Waals surface area contributed by atoms with Crippen LogP contribution < -0.4 is 20.7 Å². The number of benzene rings is 1. The molecule has 0 spiro atoms.